The third-order valence-electron chi connectivity index (χ3n) is 4.51. The minimum absolute atomic E-state index is 0.399. The number of hydrogen-bond donors (Lipinski definition) is 1. The number of hydrogen-bond acceptors (Lipinski definition) is 1. The SMILES string of the molecule is Oc1c2c3c(cccc3c3ccccc13)-c1ccccc1-2. The van der Waals surface area contributed by atoms with Gasteiger partial charge in [0.2, 0.25) is 0 Å². The zero-order valence-corrected chi connectivity index (χ0v) is 11.3. The van der Waals surface area contributed by atoms with Crippen LogP contribution in [0.1, 0.15) is 0 Å². The lowest BCUT2D eigenvalue weighted by Crippen LogP contribution is -1.82. The van der Waals surface area contributed by atoms with E-state index in [1.807, 2.05) is 24.3 Å². The highest BCUT2D eigenvalue weighted by atomic mass is 16.3. The van der Waals surface area contributed by atoms with Gasteiger partial charge in [0.25, 0.3) is 0 Å². The van der Waals surface area contributed by atoms with Crippen molar-refractivity contribution >= 4 is 21.5 Å². The summed E-state index contributed by atoms with van der Waals surface area (Å²) >= 11 is 0. The van der Waals surface area contributed by atoms with Gasteiger partial charge in [0.05, 0.1) is 0 Å². The van der Waals surface area contributed by atoms with Crippen LogP contribution in [0.2, 0.25) is 0 Å². The maximum absolute atomic E-state index is 10.8. The topological polar surface area (TPSA) is 20.2 Å². The number of phenols is 1. The Balaban J connectivity index is 2.16. The van der Waals surface area contributed by atoms with Crippen LogP contribution in [0.5, 0.6) is 5.75 Å². The fourth-order valence-electron chi connectivity index (χ4n) is 3.65. The number of benzene rings is 4. The van der Waals surface area contributed by atoms with Crippen molar-refractivity contribution in [3.8, 4) is 28.0 Å². The van der Waals surface area contributed by atoms with Crippen LogP contribution in [0.4, 0.5) is 0 Å². The summed E-state index contributed by atoms with van der Waals surface area (Å²) < 4.78 is 0. The van der Waals surface area contributed by atoms with E-state index in [-0.39, 0.29) is 0 Å². The standard InChI is InChI=1S/C20H12O/c21-20-17-9-4-2-7-13(17)15-11-5-10-14-12-6-1-3-8-16(12)19(20)18(14)15/h1-11,21H. The average molecular weight is 268 g/mol. The highest BCUT2D eigenvalue weighted by molar-refractivity contribution is 6.26. The molecule has 1 heteroatoms. The van der Waals surface area contributed by atoms with E-state index < -0.39 is 0 Å². The van der Waals surface area contributed by atoms with E-state index in [1.54, 1.807) is 0 Å². The van der Waals surface area contributed by atoms with Crippen LogP contribution in [0, 0.1) is 0 Å². The van der Waals surface area contributed by atoms with Gasteiger partial charge in [0.1, 0.15) is 5.75 Å². The van der Waals surface area contributed by atoms with Gasteiger partial charge in [0, 0.05) is 16.3 Å². The van der Waals surface area contributed by atoms with Crippen LogP contribution in [0.3, 0.4) is 0 Å². The molecule has 0 unspecified atom stereocenters. The number of rotatable bonds is 0. The third kappa shape index (κ3) is 1.21. The maximum atomic E-state index is 10.8. The first-order chi connectivity index (χ1) is 10.4. The molecule has 0 heterocycles. The zero-order valence-electron chi connectivity index (χ0n) is 11.3. The first-order valence-corrected chi connectivity index (χ1v) is 7.12. The molecule has 1 nitrogen and oxygen atoms in total. The van der Waals surface area contributed by atoms with Gasteiger partial charge in [-0.3, -0.25) is 0 Å². The van der Waals surface area contributed by atoms with Crippen molar-refractivity contribution in [2.24, 2.45) is 0 Å². The molecular formula is C20H12O. The van der Waals surface area contributed by atoms with E-state index in [0.717, 1.165) is 21.9 Å². The molecule has 4 aromatic carbocycles. The molecule has 1 aliphatic carbocycles. The molecule has 0 saturated heterocycles. The fourth-order valence-corrected chi connectivity index (χ4v) is 3.65. The molecular weight excluding hydrogens is 256 g/mol. The van der Waals surface area contributed by atoms with E-state index >= 15 is 0 Å². The molecule has 0 atom stereocenters. The molecule has 1 N–H and O–H groups in total. The predicted octanol–water partition coefficient (Wildman–Crippen LogP) is 5.35. The molecule has 0 saturated carbocycles. The Bertz CT molecular complexity index is 1040. The first-order valence-electron chi connectivity index (χ1n) is 7.12. The summed E-state index contributed by atoms with van der Waals surface area (Å²) in [5, 5.41) is 15.3. The molecule has 0 amide bonds. The van der Waals surface area contributed by atoms with Crippen molar-refractivity contribution in [1.82, 2.24) is 0 Å². The van der Waals surface area contributed by atoms with Crippen molar-refractivity contribution < 1.29 is 5.11 Å². The molecule has 0 aromatic heterocycles. The largest absolute Gasteiger partial charge is 0.507 e. The lowest BCUT2D eigenvalue weighted by atomic mass is 9.95. The van der Waals surface area contributed by atoms with Crippen LogP contribution >= 0.6 is 0 Å². The number of phenolic OH excluding ortho intramolecular Hbond substituents is 1. The fraction of sp³-hybridized carbons (Fsp3) is 0. The zero-order chi connectivity index (χ0) is 14.0. The quantitative estimate of drug-likeness (QED) is 0.375. The van der Waals surface area contributed by atoms with Gasteiger partial charge in [-0.25, -0.2) is 0 Å². The minimum atomic E-state index is 0.399. The maximum Gasteiger partial charge on any atom is 0.131 e. The van der Waals surface area contributed by atoms with Gasteiger partial charge in [-0.2, -0.15) is 0 Å². The van der Waals surface area contributed by atoms with E-state index in [4.69, 9.17) is 0 Å². The Kier molecular flexibility index (Phi) is 1.90. The van der Waals surface area contributed by atoms with Crippen molar-refractivity contribution in [2.45, 2.75) is 0 Å². The van der Waals surface area contributed by atoms with Gasteiger partial charge < -0.3 is 5.11 Å². The van der Waals surface area contributed by atoms with Gasteiger partial charge in [-0.1, -0.05) is 66.7 Å². The monoisotopic (exact) mass is 268 g/mol. The van der Waals surface area contributed by atoms with Crippen molar-refractivity contribution in [1.29, 1.82) is 0 Å². The second-order valence-corrected chi connectivity index (χ2v) is 5.54. The highest BCUT2D eigenvalue weighted by Gasteiger charge is 2.25. The van der Waals surface area contributed by atoms with Crippen LogP contribution < -0.4 is 0 Å². The van der Waals surface area contributed by atoms with Gasteiger partial charge >= 0.3 is 0 Å². The van der Waals surface area contributed by atoms with Gasteiger partial charge in [-0.05, 0) is 27.5 Å². The van der Waals surface area contributed by atoms with E-state index in [1.165, 1.54) is 21.9 Å². The Hall–Kier alpha value is -2.80. The molecule has 98 valence electrons. The Morgan fingerprint density at radius 1 is 0.524 bits per heavy atom. The average Bonchev–Trinajstić information content (AvgIpc) is 2.89. The molecule has 0 bridgehead atoms. The second kappa shape index (κ2) is 3.64. The number of fused-ring (bicyclic) bond motifs is 5. The highest BCUT2D eigenvalue weighted by Crippen LogP contribution is 2.53. The molecule has 5 rings (SSSR count). The number of aromatic hydroxyl groups is 1. The smallest absolute Gasteiger partial charge is 0.131 e. The molecule has 4 aromatic rings. The molecule has 21 heavy (non-hydrogen) atoms. The lowest BCUT2D eigenvalue weighted by molar-refractivity contribution is 0.484. The van der Waals surface area contributed by atoms with Crippen molar-refractivity contribution in [3.05, 3.63) is 66.7 Å². The normalized spacial score (nSPS) is 12.0. The van der Waals surface area contributed by atoms with Crippen LogP contribution in [-0.4, -0.2) is 5.11 Å². The summed E-state index contributed by atoms with van der Waals surface area (Å²) in [6, 6.07) is 22.8. The third-order valence-corrected chi connectivity index (χ3v) is 4.51. The predicted molar refractivity (Wildman–Crippen MR) is 87.5 cm³/mol. The van der Waals surface area contributed by atoms with E-state index in [0.29, 0.717) is 5.75 Å². The van der Waals surface area contributed by atoms with Crippen LogP contribution in [-0.2, 0) is 0 Å². The summed E-state index contributed by atoms with van der Waals surface area (Å²) in [4.78, 5) is 0. The molecule has 0 spiro atoms. The van der Waals surface area contributed by atoms with Crippen LogP contribution in [0.15, 0.2) is 66.7 Å². The Morgan fingerprint density at radius 2 is 1.14 bits per heavy atom. The van der Waals surface area contributed by atoms with Crippen molar-refractivity contribution in [2.75, 3.05) is 0 Å². The second-order valence-electron chi connectivity index (χ2n) is 5.54. The van der Waals surface area contributed by atoms with Gasteiger partial charge in [0.15, 0.2) is 0 Å². The van der Waals surface area contributed by atoms with Crippen molar-refractivity contribution in [3.63, 3.8) is 0 Å². The Labute approximate surface area is 122 Å². The summed E-state index contributed by atoms with van der Waals surface area (Å²) in [5.41, 5.74) is 4.55. The summed E-state index contributed by atoms with van der Waals surface area (Å²) in [6.07, 6.45) is 0. The van der Waals surface area contributed by atoms with Crippen LogP contribution in [0.25, 0.3) is 43.8 Å². The van der Waals surface area contributed by atoms with E-state index in [2.05, 4.69) is 42.5 Å². The Morgan fingerprint density at radius 3 is 2.00 bits per heavy atom. The van der Waals surface area contributed by atoms with Gasteiger partial charge in [-0.15, -0.1) is 0 Å². The molecule has 0 aliphatic heterocycles. The molecule has 0 fully saturated rings. The first kappa shape index (κ1) is 10.9. The summed E-state index contributed by atoms with van der Waals surface area (Å²) in [7, 11) is 0. The minimum Gasteiger partial charge on any atom is -0.507 e. The lowest BCUT2D eigenvalue weighted by Gasteiger charge is -2.10. The summed E-state index contributed by atoms with van der Waals surface area (Å²) in [6.45, 7) is 0. The molecule has 0 radical (unpaired) electrons. The summed E-state index contributed by atoms with van der Waals surface area (Å²) in [5.74, 6) is 0.399. The van der Waals surface area contributed by atoms with E-state index in [9.17, 15) is 5.11 Å². The molecule has 1 aliphatic rings.